The molecule has 2 aliphatic rings. The highest BCUT2D eigenvalue weighted by Gasteiger charge is 2.28. The molecule has 1 amide bonds. The van der Waals surface area contributed by atoms with Gasteiger partial charge in [0.25, 0.3) is 0 Å². The third-order valence-corrected chi connectivity index (χ3v) is 6.83. The number of aryl methyl sites for hydroxylation is 2. The average Bonchev–Trinajstić information content (AvgIpc) is 2.86. The molecule has 0 atom stereocenters. The second-order valence-corrected chi connectivity index (χ2v) is 8.86. The lowest BCUT2D eigenvalue weighted by atomic mass is 9.88. The summed E-state index contributed by atoms with van der Waals surface area (Å²) in [4.78, 5) is 39.9. The minimum Gasteiger partial charge on any atom is -0.497 e. The molecule has 0 aromatic heterocycles. The fourth-order valence-electron chi connectivity index (χ4n) is 4.81. The first-order chi connectivity index (χ1) is 15.5. The van der Waals surface area contributed by atoms with Crippen LogP contribution in [0.4, 0.5) is 0 Å². The normalized spacial score (nSPS) is 16.3. The summed E-state index contributed by atoms with van der Waals surface area (Å²) in [5.74, 6) is 0.835. The number of fused-ring (bicyclic) bond motifs is 1. The predicted molar refractivity (Wildman–Crippen MR) is 123 cm³/mol. The number of hydrogen-bond donors (Lipinski definition) is 0. The van der Waals surface area contributed by atoms with E-state index < -0.39 is 0 Å². The molecule has 1 aliphatic heterocycles. The van der Waals surface area contributed by atoms with Crippen LogP contribution in [-0.4, -0.2) is 42.6 Å². The van der Waals surface area contributed by atoms with E-state index in [0.29, 0.717) is 31.5 Å². The highest BCUT2D eigenvalue weighted by atomic mass is 16.5. The lowest BCUT2D eigenvalue weighted by molar-refractivity contribution is -0.132. The maximum Gasteiger partial charge on any atom is 0.223 e. The Morgan fingerprint density at radius 3 is 2.22 bits per heavy atom. The molecular weight excluding hydrogens is 402 g/mol. The molecule has 2 aromatic carbocycles. The van der Waals surface area contributed by atoms with Crippen LogP contribution in [0.3, 0.4) is 0 Å². The minimum atomic E-state index is -0.0652. The highest BCUT2D eigenvalue weighted by Crippen LogP contribution is 2.25. The summed E-state index contributed by atoms with van der Waals surface area (Å²) in [6, 6.07) is 13.2. The lowest BCUT2D eigenvalue weighted by Crippen LogP contribution is -2.40. The Labute approximate surface area is 189 Å². The van der Waals surface area contributed by atoms with Crippen molar-refractivity contribution in [3.05, 3.63) is 64.7 Å². The topological polar surface area (TPSA) is 63.7 Å². The van der Waals surface area contributed by atoms with Crippen LogP contribution < -0.4 is 4.74 Å². The fourth-order valence-corrected chi connectivity index (χ4v) is 4.81. The molecule has 0 radical (unpaired) electrons. The molecule has 5 heteroatoms. The second-order valence-electron chi connectivity index (χ2n) is 8.86. The van der Waals surface area contributed by atoms with E-state index >= 15 is 0 Å². The number of benzene rings is 2. The van der Waals surface area contributed by atoms with Crippen molar-refractivity contribution in [1.82, 2.24) is 4.90 Å². The van der Waals surface area contributed by atoms with E-state index in [0.717, 1.165) is 24.2 Å². The van der Waals surface area contributed by atoms with Gasteiger partial charge in [-0.25, -0.2) is 0 Å². The molecule has 1 saturated heterocycles. The van der Waals surface area contributed by atoms with Gasteiger partial charge in [0.15, 0.2) is 11.6 Å². The van der Waals surface area contributed by atoms with E-state index in [1.165, 1.54) is 24.0 Å². The van der Waals surface area contributed by atoms with Crippen LogP contribution in [0, 0.1) is 5.92 Å². The van der Waals surface area contributed by atoms with E-state index in [1.54, 1.807) is 36.3 Å². The first-order valence-corrected chi connectivity index (χ1v) is 11.7. The summed E-state index contributed by atoms with van der Waals surface area (Å²) in [5, 5.41) is 0. The van der Waals surface area contributed by atoms with Crippen molar-refractivity contribution in [2.75, 3.05) is 20.2 Å². The molecule has 5 nitrogen and oxygen atoms in total. The highest BCUT2D eigenvalue weighted by molar-refractivity contribution is 5.99. The molecule has 1 aliphatic carbocycles. The zero-order valence-corrected chi connectivity index (χ0v) is 18.8. The summed E-state index contributed by atoms with van der Waals surface area (Å²) in [6.07, 6.45) is 6.33. The monoisotopic (exact) mass is 433 g/mol. The molecule has 2 aromatic rings. The van der Waals surface area contributed by atoms with Crippen molar-refractivity contribution < 1.29 is 19.1 Å². The third kappa shape index (κ3) is 5.09. The Kier molecular flexibility index (Phi) is 7.03. The van der Waals surface area contributed by atoms with Crippen LogP contribution in [0.25, 0.3) is 0 Å². The van der Waals surface area contributed by atoms with E-state index in [-0.39, 0.29) is 36.2 Å². The van der Waals surface area contributed by atoms with Crippen LogP contribution in [0.15, 0.2) is 42.5 Å². The predicted octanol–water partition coefficient (Wildman–Crippen LogP) is 4.66. The van der Waals surface area contributed by atoms with E-state index in [9.17, 15) is 14.4 Å². The molecule has 4 rings (SSSR count). The zero-order chi connectivity index (χ0) is 22.5. The Balaban J connectivity index is 1.25. The van der Waals surface area contributed by atoms with E-state index in [1.807, 2.05) is 12.1 Å². The molecule has 0 N–H and O–H groups in total. The number of ketones is 2. The number of piperidine rings is 1. The number of rotatable bonds is 7. The summed E-state index contributed by atoms with van der Waals surface area (Å²) >= 11 is 0. The summed E-state index contributed by atoms with van der Waals surface area (Å²) in [7, 11) is 1.60. The van der Waals surface area contributed by atoms with Gasteiger partial charge in [0.2, 0.25) is 5.91 Å². The molecule has 1 heterocycles. The molecule has 32 heavy (non-hydrogen) atoms. The summed E-state index contributed by atoms with van der Waals surface area (Å²) in [6.45, 7) is 1.14. The SMILES string of the molecule is COc1ccc(C(=O)C2CCN(C(=O)CCC(=O)c3ccc4c(c3)CCCC4)CC2)cc1. The quantitative estimate of drug-likeness (QED) is 0.596. The van der Waals surface area contributed by atoms with Gasteiger partial charge in [-0.05, 0) is 80.0 Å². The Morgan fingerprint density at radius 1 is 0.875 bits per heavy atom. The van der Waals surface area contributed by atoms with Crippen molar-refractivity contribution in [3.63, 3.8) is 0 Å². The van der Waals surface area contributed by atoms with Gasteiger partial charge in [0.1, 0.15) is 5.75 Å². The van der Waals surface area contributed by atoms with Gasteiger partial charge in [-0.2, -0.15) is 0 Å². The standard InChI is InChI=1S/C27H31NO4/c1-32-24-10-8-20(9-11-24)27(31)21-14-16-28(17-15-21)26(30)13-12-25(29)23-7-6-19-4-2-3-5-22(19)18-23/h6-11,18,21H,2-5,12-17H2,1H3. The van der Waals surface area contributed by atoms with Crippen molar-refractivity contribution in [3.8, 4) is 5.75 Å². The van der Waals surface area contributed by atoms with Crippen molar-refractivity contribution in [2.45, 2.75) is 51.4 Å². The number of methoxy groups -OCH3 is 1. The van der Waals surface area contributed by atoms with Gasteiger partial charge in [-0.1, -0.05) is 12.1 Å². The van der Waals surface area contributed by atoms with E-state index in [2.05, 4.69) is 6.07 Å². The van der Waals surface area contributed by atoms with Gasteiger partial charge in [-0.3, -0.25) is 14.4 Å². The molecular formula is C27H31NO4. The van der Waals surface area contributed by atoms with Gasteiger partial charge >= 0.3 is 0 Å². The van der Waals surface area contributed by atoms with E-state index in [4.69, 9.17) is 4.74 Å². The van der Waals surface area contributed by atoms with Gasteiger partial charge in [0, 0.05) is 43.0 Å². The average molecular weight is 434 g/mol. The Bertz CT molecular complexity index is 987. The summed E-state index contributed by atoms with van der Waals surface area (Å²) < 4.78 is 5.15. The van der Waals surface area contributed by atoms with Crippen molar-refractivity contribution >= 4 is 17.5 Å². The number of amides is 1. The number of ether oxygens (including phenoxy) is 1. The van der Waals surface area contributed by atoms with Crippen LogP contribution in [0.1, 0.15) is 70.4 Å². The largest absolute Gasteiger partial charge is 0.497 e. The zero-order valence-electron chi connectivity index (χ0n) is 18.8. The summed E-state index contributed by atoms with van der Waals surface area (Å²) in [5.41, 5.74) is 4.06. The van der Waals surface area contributed by atoms with Crippen LogP contribution in [0.2, 0.25) is 0 Å². The minimum absolute atomic E-state index is 0.00616. The lowest BCUT2D eigenvalue weighted by Gasteiger charge is -2.31. The van der Waals surface area contributed by atoms with Crippen LogP contribution >= 0.6 is 0 Å². The Hall–Kier alpha value is -2.95. The fraction of sp³-hybridized carbons (Fsp3) is 0.444. The molecule has 0 spiro atoms. The first-order valence-electron chi connectivity index (χ1n) is 11.7. The second kappa shape index (κ2) is 10.1. The Morgan fingerprint density at radius 2 is 1.53 bits per heavy atom. The number of likely N-dealkylation sites (tertiary alicyclic amines) is 1. The van der Waals surface area contributed by atoms with Crippen LogP contribution in [-0.2, 0) is 17.6 Å². The third-order valence-electron chi connectivity index (χ3n) is 6.83. The first kappa shape index (κ1) is 22.3. The molecule has 1 fully saturated rings. The maximum atomic E-state index is 12.8. The number of hydrogen-bond acceptors (Lipinski definition) is 4. The smallest absolute Gasteiger partial charge is 0.223 e. The maximum absolute atomic E-state index is 12.8. The number of carbonyl (C=O) groups excluding carboxylic acids is 3. The van der Waals surface area contributed by atoms with Crippen molar-refractivity contribution in [2.24, 2.45) is 5.92 Å². The van der Waals surface area contributed by atoms with Gasteiger partial charge in [-0.15, -0.1) is 0 Å². The van der Waals surface area contributed by atoms with Crippen molar-refractivity contribution in [1.29, 1.82) is 0 Å². The number of carbonyl (C=O) groups is 3. The molecule has 0 unspecified atom stereocenters. The number of nitrogens with zero attached hydrogens (tertiary/aromatic N) is 1. The van der Waals surface area contributed by atoms with Gasteiger partial charge in [0.05, 0.1) is 7.11 Å². The number of Topliss-reactive ketones (excluding diaryl/α,β-unsaturated/α-hetero) is 2. The van der Waals surface area contributed by atoms with Gasteiger partial charge < -0.3 is 9.64 Å². The van der Waals surface area contributed by atoms with Crippen LogP contribution in [0.5, 0.6) is 5.75 Å². The molecule has 0 bridgehead atoms. The molecule has 168 valence electrons. The molecule has 0 saturated carbocycles.